The minimum absolute atomic E-state index is 0.0709. The number of fused-ring (bicyclic) bond motifs is 2. The van der Waals surface area contributed by atoms with Crippen molar-refractivity contribution < 1.29 is 23.3 Å². The van der Waals surface area contributed by atoms with Gasteiger partial charge in [-0.25, -0.2) is 14.4 Å². The Morgan fingerprint density at radius 1 is 1.06 bits per heavy atom. The number of hydrogen-bond acceptors (Lipinski definition) is 7. The first-order valence-electron chi connectivity index (χ1n) is 10.2. The van der Waals surface area contributed by atoms with Crippen molar-refractivity contribution in [2.45, 2.75) is 13.2 Å². The minimum atomic E-state index is -0.386. The van der Waals surface area contributed by atoms with E-state index in [9.17, 15) is 4.39 Å². The van der Waals surface area contributed by atoms with E-state index in [2.05, 4.69) is 15.3 Å². The maximum atomic E-state index is 14.1. The first-order valence-corrected chi connectivity index (χ1v) is 11.0. The Morgan fingerprint density at radius 2 is 1.94 bits per heavy atom. The van der Waals surface area contributed by atoms with Gasteiger partial charge in [0.1, 0.15) is 30.3 Å². The van der Waals surface area contributed by atoms with Gasteiger partial charge in [0.2, 0.25) is 0 Å². The monoisotopic (exact) mass is 501 g/mol. The molecule has 1 aromatic heterocycles. The molecule has 2 heterocycles. The molecule has 0 saturated carbocycles. The van der Waals surface area contributed by atoms with Crippen molar-refractivity contribution >= 4 is 45.6 Å². The third-order valence-corrected chi connectivity index (χ3v) is 5.98. The molecule has 4 aromatic rings. The number of aromatic nitrogens is 2. The Balaban J connectivity index is 1.45. The van der Waals surface area contributed by atoms with Crippen molar-refractivity contribution in [1.29, 1.82) is 0 Å². The summed E-state index contributed by atoms with van der Waals surface area (Å²) in [6.45, 7) is 0.461. The molecule has 5 rings (SSSR count). The van der Waals surface area contributed by atoms with Crippen molar-refractivity contribution in [3.63, 3.8) is 0 Å². The van der Waals surface area contributed by atoms with Crippen LogP contribution < -0.4 is 19.5 Å². The standard InChI is InChI=1S/C24H18Cl2FN3O4/c1-31-21-7-17-20(28-11-29-24(17)30-16-2-3-18(25)19(26)6-16)8-22(21)33-10-14-5-15(27)4-13-9-32-12-34-23(13)14/h2-8,11H,9-10,12H2,1H3,(H,28,29,30). The third kappa shape index (κ3) is 4.52. The lowest BCUT2D eigenvalue weighted by atomic mass is 10.1. The van der Waals surface area contributed by atoms with E-state index in [1.807, 2.05) is 0 Å². The van der Waals surface area contributed by atoms with Crippen molar-refractivity contribution in [3.8, 4) is 17.2 Å². The van der Waals surface area contributed by atoms with Gasteiger partial charge in [-0.1, -0.05) is 23.2 Å². The van der Waals surface area contributed by atoms with Crippen LogP contribution in [0.1, 0.15) is 11.1 Å². The van der Waals surface area contributed by atoms with Gasteiger partial charge in [-0.2, -0.15) is 0 Å². The lowest BCUT2D eigenvalue weighted by Crippen LogP contribution is -2.14. The summed E-state index contributed by atoms with van der Waals surface area (Å²) in [5.41, 5.74) is 2.55. The molecular weight excluding hydrogens is 484 g/mol. The zero-order chi connectivity index (χ0) is 23.7. The summed E-state index contributed by atoms with van der Waals surface area (Å²) in [5.74, 6) is 1.65. The van der Waals surface area contributed by atoms with E-state index in [0.29, 0.717) is 60.8 Å². The molecule has 1 N–H and O–H groups in total. The van der Waals surface area contributed by atoms with E-state index >= 15 is 0 Å². The second-order valence-electron chi connectivity index (χ2n) is 7.45. The summed E-state index contributed by atoms with van der Waals surface area (Å²) in [4.78, 5) is 8.70. The van der Waals surface area contributed by atoms with Crippen LogP contribution >= 0.6 is 23.2 Å². The van der Waals surface area contributed by atoms with E-state index in [1.54, 1.807) is 30.3 Å². The Kier molecular flexibility index (Phi) is 6.28. The fourth-order valence-electron chi connectivity index (χ4n) is 3.67. The zero-order valence-electron chi connectivity index (χ0n) is 17.9. The van der Waals surface area contributed by atoms with Crippen LogP contribution in [0.4, 0.5) is 15.9 Å². The molecular formula is C24H18Cl2FN3O4. The number of nitrogens with one attached hydrogen (secondary N) is 1. The van der Waals surface area contributed by atoms with Crippen molar-refractivity contribution in [1.82, 2.24) is 9.97 Å². The number of rotatable bonds is 6. The largest absolute Gasteiger partial charge is 0.493 e. The molecule has 1 aliphatic rings. The Morgan fingerprint density at radius 3 is 2.76 bits per heavy atom. The predicted molar refractivity (Wildman–Crippen MR) is 127 cm³/mol. The predicted octanol–water partition coefficient (Wildman–Crippen LogP) is 6.27. The lowest BCUT2D eigenvalue weighted by molar-refractivity contribution is -0.0178. The van der Waals surface area contributed by atoms with E-state index in [-0.39, 0.29) is 25.8 Å². The average Bonchev–Trinajstić information content (AvgIpc) is 2.84. The van der Waals surface area contributed by atoms with E-state index in [4.69, 9.17) is 42.1 Å². The van der Waals surface area contributed by atoms with Gasteiger partial charge in [0.15, 0.2) is 18.3 Å². The lowest BCUT2D eigenvalue weighted by Gasteiger charge is -2.21. The molecule has 7 nitrogen and oxygen atoms in total. The van der Waals surface area contributed by atoms with Crippen molar-refractivity contribution in [2.75, 3.05) is 19.2 Å². The van der Waals surface area contributed by atoms with Crippen LogP contribution in [0.3, 0.4) is 0 Å². The van der Waals surface area contributed by atoms with Gasteiger partial charge >= 0.3 is 0 Å². The molecule has 0 bridgehead atoms. The topological polar surface area (TPSA) is 74.7 Å². The van der Waals surface area contributed by atoms with Gasteiger partial charge in [0, 0.05) is 28.3 Å². The Hall–Kier alpha value is -3.33. The molecule has 3 aromatic carbocycles. The second-order valence-corrected chi connectivity index (χ2v) is 8.26. The van der Waals surface area contributed by atoms with Crippen LogP contribution in [0.15, 0.2) is 48.8 Å². The van der Waals surface area contributed by atoms with Crippen LogP contribution in [0.25, 0.3) is 10.9 Å². The number of hydrogen-bond donors (Lipinski definition) is 1. The number of nitrogens with zero attached hydrogens (tertiary/aromatic N) is 2. The van der Waals surface area contributed by atoms with Crippen LogP contribution in [0, 0.1) is 5.82 Å². The van der Waals surface area contributed by atoms with Gasteiger partial charge in [-0.05, 0) is 36.4 Å². The second kappa shape index (κ2) is 9.50. The molecule has 0 unspecified atom stereocenters. The Bertz CT molecular complexity index is 1390. The molecule has 0 spiro atoms. The van der Waals surface area contributed by atoms with Crippen LogP contribution in [-0.4, -0.2) is 23.9 Å². The molecule has 0 fully saturated rings. The first kappa shape index (κ1) is 22.5. The van der Waals surface area contributed by atoms with Gasteiger partial charge in [-0.3, -0.25) is 0 Å². The summed E-state index contributed by atoms with van der Waals surface area (Å²) in [6, 6.07) is 11.5. The number of benzene rings is 3. The summed E-state index contributed by atoms with van der Waals surface area (Å²) in [6.07, 6.45) is 1.44. The summed E-state index contributed by atoms with van der Waals surface area (Å²) < 4.78 is 36.4. The minimum Gasteiger partial charge on any atom is -0.493 e. The molecule has 174 valence electrons. The van der Waals surface area contributed by atoms with E-state index in [0.717, 1.165) is 0 Å². The summed E-state index contributed by atoms with van der Waals surface area (Å²) in [5, 5.41) is 4.82. The third-order valence-electron chi connectivity index (χ3n) is 5.24. The van der Waals surface area contributed by atoms with Crippen molar-refractivity contribution in [2.24, 2.45) is 0 Å². The van der Waals surface area contributed by atoms with Crippen LogP contribution in [0.5, 0.6) is 17.2 Å². The quantitative estimate of drug-likeness (QED) is 0.333. The van der Waals surface area contributed by atoms with Gasteiger partial charge < -0.3 is 24.3 Å². The maximum absolute atomic E-state index is 14.1. The van der Waals surface area contributed by atoms with Crippen LogP contribution in [0.2, 0.25) is 10.0 Å². The highest BCUT2D eigenvalue weighted by Crippen LogP contribution is 2.37. The van der Waals surface area contributed by atoms with E-state index in [1.165, 1.54) is 25.6 Å². The first-order chi connectivity index (χ1) is 16.5. The number of ether oxygens (including phenoxy) is 4. The molecule has 0 radical (unpaired) electrons. The highest BCUT2D eigenvalue weighted by molar-refractivity contribution is 6.42. The molecule has 10 heteroatoms. The van der Waals surface area contributed by atoms with Gasteiger partial charge in [0.25, 0.3) is 0 Å². The van der Waals surface area contributed by atoms with Crippen LogP contribution in [-0.2, 0) is 18.0 Å². The SMILES string of the molecule is COc1cc2c(Nc3ccc(Cl)c(Cl)c3)ncnc2cc1OCc1cc(F)cc2c1OCOC2. The number of anilines is 2. The summed E-state index contributed by atoms with van der Waals surface area (Å²) in [7, 11) is 1.54. The molecule has 0 aliphatic carbocycles. The molecule has 1 aliphatic heterocycles. The highest BCUT2D eigenvalue weighted by Gasteiger charge is 2.19. The Labute approximate surface area is 204 Å². The number of halogens is 3. The highest BCUT2D eigenvalue weighted by atomic mass is 35.5. The molecule has 0 atom stereocenters. The fraction of sp³-hybridized carbons (Fsp3) is 0.167. The summed E-state index contributed by atoms with van der Waals surface area (Å²) >= 11 is 12.1. The fourth-order valence-corrected chi connectivity index (χ4v) is 3.96. The number of methoxy groups -OCH3 is 1. The smallest absolute Gasteiger partial charge is 0.189 e. The maximum Gasteiger partial charge on any atom is 0.189 e. The van der Waals surface area contributed by atoms with Gasteiger partial charge in [-0.15, -0.1) is 0 Å². The molecule has 0 saturated heterocycles. The molecule has 0 amide bonds. The average molecular weight is 502 g/mol. The normalized spacial score (nSPS) is 12.7. The molecule has 34 heavy (non-hydrogen) atoms. The van der Waals surface area contributed by atoms with E-state index < -0.39 is 0 Å². The van der Waals surface area contributed by atoms with Gasteiger partial charge in [0.05, 0.1) is 29.3 Å². The zero-order valence-corrected chi connectivity index (χ0v) is 19.4. The van der Waals surface area contributed by atoms with Crippen molar-refractivity contribution in [3.05, 3.63) is 75.8 Å².